The molecule has 1 aliphatic rings. The molecule has 2 rings (SSSR count). The highest BCUT2D eigenvalue weighted by Gasteiger charge is 2.38. The van der Waals surface area contributed by atoms with E-state index in [0.717, 1.165) is 31.0 Å². The fourth-order valence-electron chi connectivity index (χ4n) is 3.25. The summed E-state index contributed by atoms with van der Waals surface area (Å²) >= 11 is 0. The van der Waals surface area contributed by atoms with E-state index in [1.54, 1.807) is 0 Å². The zero-order chi connectivity index (χ0) is 14.9. The standard InChI is InChI=1S/C15H21F2NOS/c1-9-6-10(2)15(13(7-9)18-3)20(19)14-8-11(16)4-5-12(14)17/h4-5,8-10,13,15,18H,6-7H2,1-3H3. The van der Waals surface area contributed by atoms with Gasteiger partial charge in [-0.05, 0) is 49.9 Å². The predicted octanol–water partition coefficient (Wildman–Crippen LogP) is 3.10. The van der Waals surface area contributed by atoms with Crippen molar-refractivity contribution in [2.45, 2.75) is 42.9 Å². The average Bonchev–Trinajstić information content (AvgIpc) is 2.40. The first-order chi connectivity index (χ1) is 9.43. The number of halogens is 2. The molecule has 1 N–H and O–H groups in total. The van der Waals surface area contributed by atoms with Crippen LogP contribution in [0.5, 0.6) is 0 Å². The molecule has 1 aliphatic carbocycles. The van der Waals surface area contributed by atoms with Crippen LogP contribution in [0.25, 0.3) is 0 Å². The van der Waals surface area contributed by atoms with E-state index in [1.165, 1.54) is 0 Å². The van der Waals surface area contributed by atoms with Crippen LogP contribution in [0.15, 0.2) is 23.1 Å². The first-order valence-electron chi connectivity index (χ1n) is 6.97. The smallest absolute Gasteiger partial charge is 0.139 e. The maximum Gasteiger partial charge on any atom is 0.139 e. The number of rotatable bonds is 3. The first-order valence-corrected chi connectivity index (χ1v) is 8.18. The van der Waals surface area contributed by atoms with Gasteiger partial charge >= 0.3 is 0 Å². The van der Waals surface area contributed by atoms with Gasteiger partial charge in [0.15, 0.2) is 0 Å². The second-order valence-electron chi connectivity index (χ2n) is 5.79. The van der Waals surface area contributed by atoms with E-state index in [9.17, 15) is 13.0 Å². The van der Waals surface area contributed by atoms with Crippen molar-refractivity contribution in [2.75, 3.05) is 7.05 Å². The summed E-state index contributed by atoms with van der Waals surface area (Å²) in [6.07, 6.45) is 1.87. The zero-order valence-electron chi connectivity index (χ0n) is 12.0. The molecule has 5 atom stereocenters. The summed E-state index contributed by atoms with van der Waals surface area (Å²) in [7, 11) is 0.291. The van der Waals surface area contributed by atoms with Crippen molar-refractivity contribution in [1.29, 1.82) is 0 Å². The Balaban J connectivity index is 2.32. The molecule has 0 radical (unpaired) electrons. The lowest BCUT2D eigenvalue weighted by molar-refractivity contribution is 0.253. The minimum absolute atomic E-state index is 0.0170. The number of hydrogen-bond donors (Lipinski definition) is 1. The summed E-state index contributed by atoms with van der Waals surface area (Å²) in [6, 6.07) is 3.23. The molecule has 0 aromatic heterocycles. The van der Waals surface area contributed by atoms with Gasteiger partial charge in [-0.3, -0.25) is 4.21 Å². The van der Waals surface area contributed by atoms with Crippen LogP contribution in [0, 0.1) is 23.5 Å². The van der Waals surface area contributed by atoms with Gasteiger partial charge in [0.1, 0.15) is 11.6 Å². The third-order valence-electron chi connectivity index (χ3n) is 4.12. The molecule has 0 bridgehead atoms. The Hall–Kier alpha value is -0.810. The number of benzene rings is 1. The van der Waals surface area contributed by atoms with E-state index in [0.29, 0.717) is 5.92 Å². The van der Waals surface area contributed by atoms with E-state index in [2.05, 4.69) is 12.2 Å². The second-order valence-corrected chi connectivity index (χ2v) is 7.36. The second kappa shape index (κ2) is 6.31. The summed E-state index contributed by atoms with van der Waals surface area (Å²) in [5, 5.41) is 3.00. The van der Waals surface area contributed by atoms with Crippen LogP contribution in [0.4, 0.5) is 8.78 Å². The summed E-state index contributed by atoms with van der Waals surface area (Å²) in [5.41, 5.74) is 0. The maximum atomic E-state index is 13.8. The van der Waals surface area contributed by atoms with E-state index in [-0.39, 0.29) is 22.1 Å². The first kappa shape index (κ1) is 15.6. The van der Waals surface area contributed by atoms with Crippen molar-refractivity contribution < 1.29 is 13.0 Å². The molecular weight excluding hydrogens is 280 g/mol. The van der Waals surface area contributed by atoms with E-state index >= 15 is 0 Å². The fraction of sp³-hybridized carbons (Fsp3) is 0.600. The van der Waals surface area contributed by atoms with E-state index in [1.807, 2.05) is 14.0 Å². The van der Waals surface area contributed by atoms with Crippen LogP contribution in [-0.4, -0.2) is 22.5 Å². The molecule has 1 aromatic carbocycles. The van der Waals surface area contributed by atoms with Gasteiger partial charge in [0.25, 0.3) is 0 Å². The van der Waals surface area contributed by atoms with Crippen molar-refractivity contribution in [3.8, 4) is 0 Å². The van der Waals surface area contributed by atoms with Gasteiger partial charge in [0.05, 0.1) is 20.9 Å². The molecule has 1 fully saturated rings. The van der Waals surface area contributed by atoms with Gasteiger partial charge in [0.2, 0.25) is 0 Å². The Bertz CT molecular complexity index is 509. The molecule has 5 heteroatoms. The summed E-state index contributed by atoms with van der Waals surface area (Å²) in [5.74, 6) is -0.384. The largest absolute Gasteiger partial charge is 0.316 e. The van der Waals surface area contributed by atoms with Crippen molar-refractivity contribution in [1.82, 2.24) is 5.32 Å². The Kier molecular flexibility index (Phi) is 4.91. The summed E-state index contributed by atoms with van der Waals surface area (Å²) in [4.78, 5) is -0.0170. The minimum Gasteiger partial charge on any atom is -0.316 e. The van der Waals surface area contributed by atoms with Crippen LogP contribution in [0.2, 0.25) is 0 Å². The van der Waals surface area contributed by atoms with E-state index in [4.69, 9.17) is 0 Å². The Morgan fingerprint density at radius 3 is 2.60 bits per heavy atom. The quantitative estimate of drug-likeness (QED) is 0.929. The zero-order valence-corrected chi connectivity index (χ0v) is 12.8. The molecule has 1 saturated carbocycles. The molecule has 0 saturated heterocycles. The third-order valence-corrected chi connectivity index (χ3v) is 6.15. The molecule has 0 amide bonds. The number of nitrogens with one attached hydrogen (secondary N) is 1. The minimum atomic E-state index is -1.54. The summed E-state index contributed by atoms with van der Waals surface area (Å²) in [6.45, 7) is 4.21. The van der Waals surface area contributed by atoms with Crippen molar-refractivity contribution >= 4 is 10.8 Å². The van der Waals surface area contributed by atoms with Crippen LogP contribution < -0.4 is 5.32 Å². The van der Waals surface area contributed by atoms with E-state index < -0.39 is 22.4 Å². The van der Waals surface area contributed by atoms with Crippen LogP contribution >= 0.6 is 0 Å². The predicted molar refractivity (Wildman–Crippen MR) is 77.0 cm³/mol. The van der Waals surface area contributed by atoms with Crippen molar-refractivity contribution in [2.24, 2.45) is 11.8 Å². The normalized spacial score (nSPS) is 32.0. The molecule has 5 unspecified atom stereocenters. The SMILES string of the molecule is CNC1CC(C)CC(C)C1S(=O)c1cc(F)ccc1F. The van der Waals surface area contributed by atoms with Crippen LogP contribution in [0.3, 0.4) is 0 Å². The molecule has 112 valence electrons. The highest BCUT2D eigenvalue weighted by molar-refractivity contribution is 7.85. The average molecular weight is 301 g/mol. The Labute approximate surface area is 121 Å². The lowest BCUT2D eigenvalue weighted by atomic mass is 9.80. The fourth-order valence-corrected chi connectivity index (χ4v) is 5.11. The van der Waals surface area contributed by atoms with Gasteiger partial charge in [0, 0.05) is 6.04 Å². The molecular formula is C15H21F2NOS. The van der Waals surface area contributed by atoms with Gasteiger partial charge in [-0.1, -0.05) is 13.8 Å². The molecule has 0 aliphatic heterocycles. The van der Waals surface area contributed by atoms with Crippen molar-refractivity contribution in [3.63, 3.8) is 0 Å². The summed E-state index contributed by atoms with van der Waals surface area (Å²) < 4.78 is 39.8. The highest BCUT2D eigenvalue weighted by Crippen LogP contribution is 2.34. The Morgan fingerprint density at radius 1 is 1.25 bits per heavy atom. The van der Waals surface area contributed by atoms with Crippen LogP contribution in [-0.2, 0) is 10.8 Å². The molecule has 0 spiro atoms. The molecule has 0 heterocycles. The maximum absolute atomic E-state index is 13.8. The topological polar surface area (TPSA) is 29.1 Å². The van der Waals surface area contributed by atoms with Gasteiger partial charge in [-0.2, -0.15) is 0 Å². The van der Waals surface area contributed by atoms with Crippen LogP contribution in [0.1, 0.15) is 26.7 Å². The Morgan fingerprint density at radius 2 is 1.95 bits per heavy atom. The van der Waals surface area contributed by atoms with Gasteiger partial charge in [-0.15, -0.1) is 0 Å². The van der Waals surface area contributed by atoms with Gasteiger partial charge < -0.3 is 5.32 Å². The monoisotopic (exact) mass is 301 g/mol. The lowest BCUT2D eigenvalue weighted by Crippen LogP contribution is -2.48. The van der Waals surface area contributed by atoms with Gasteiger partial charge in [-0.25, -0.2) is 8.78 Å². The molecule has 1 aromatic rings. The third kappa shape index (κ3) is 3.09. The lowest BCUT2D eigenvalue weighted by Gasteiger charge is -2.38. The number of hydrogen-bond acceptors (Lipinski definition) is 2. The van der Waals surface area contributed by atoms with Crippen molar-refractivity contribution in [3.05, 3.63) is 29.8 Å². The molecule has 2 nitrogen and oxygen atoms in total. The molecule has 20 heavy (non-hydrogen) atoms. The highest BCUT2D eigenvalue weighted by atomic mass is 32.2.